The molecule has 1 N–H and O–H groups in total. The van der Waals surface area contributed by atoms with Crippen LogP contribution in [0.15, 0.2) is 23.3 Å². The lowest BCUT2D eigenvalue weighted by Gasteiger charge is -2.32. The minimum atomic E-state index is -0.504. The Hall–Kier alpha value is -1.95. The molecule has 1 aliphatic heterocycles. The fourth-order valence-corrected chi connectivity index (χ4v) is 2.53. The van der Waals surface area contributed by atoms with E-state index in [-0.39, 0.29) is 5.56 Å². The number of H-pyrrole nitrogens is 1. The Bertz CT molecular complexity index is 668. The van der Waals surface area contributed by atoms with E-state index in [4.69, 9.17) is 4.74 Å². The first-order chi connectivity index (χ1) is 9.57. The summed E-state index contributed by atoms with van der Waals surface area (Å²) in [5, 5.41) is 4.12. The third kappa shape index (κ3) is 2.38. The van der Waals surface area contributed by atoms with E-state index in [1.807, 2.05) is 20.2 Å². The molecule has 6 nitrogen and oxygen atoms in total. The molecule has 3 heterocycles. The number of hydrogen-bond acceptors (Lipinski definition) is 4. The Labute approximate surface area is 116 Å². The van der Waals surface area contributed by atoms with Gasteiger partial charge >= 0.3 is 0 Å². The highest BCUT2D eigenvalue weighted by molar-refractivity contribution is 5.56. The van der Waals surface area contributed by atoms with Crippen molar-refractivity contribution in [3.63, 3.8) is 0 Å². The molecule has 1 aliphatic rings. The Morgan fingerprint density at radius 1 is 1.45 bits per heavy atom. The predicted molar refractivity (Wildman–Crippen MR) is 74.2 cm³/mol. The smallest absolute Gasteiger partial charge is 0.251 e. The molecule has 1 fully saturated rings. The number of aromatic amines is 1. The van der Waals surface area contributed by atoms with Gasteiger partial charge in [0.05, 0.1) is 11.9 Å². The highest BCUT2D eigenvalue weighted by Gasteiger charge is 2.32. The molecule has 0 aromatic carbocycles. The highest BCUT2D eigenvalue weighted by atomic mass is 16.5. The zero-order valence-electron chi connectivity index (χ0n) is 11.7. The first-order valence-electron chi connectivity index (χ1n) is 6.82. The largest absolute Gasteiger partial charge is 0.367 e. The van der Waals surface area contributed by atoms with E-state index >= 15 is 0 Å². The number of rotatable bonds is 2. The minimum Gasteiger partial charge on any atom is -0.367 e. The maximum absolute atomic E-state index is 11.9. The summed E-state index contributed by atoms with van der Waals surface area (Å²) in [6.45, 7) is 2.69. The lowest BCUT2D eigenvalue weighted by molar-refractivity contribution is -0.0761. The molecule has 0 amide bonds. The standard InChI is InChI=1S/C14H18N4O2/c1-14(5-3-4-6-20-14)13-16-11(7-12(19)17-13)10-8-15-18(2)9-10/h7-9H,3-6H2,1-2H3,(H,16,17,19). The number of hydrogen-bond donors (Lipinski definition) is 1. The van der Waals surface area contributed by atoms with Gasteiger partial charge in [-0.25, -0.2) is 4.98 Å². The van der Waals surface area contributed by atoms with Crippen LogP contribution in [0.4, 0.5) is 0 Å². The first-order valence-corrected chi connectivity index (χ1v) is 6.82. The van der Waals surface area contributed by atoms with Crippen molar-refractivity contribution in [1.82, 2.24) is 19.7 Å². The Morgan fingerprint density at radius 3 is 2.95 bits per heavy atom. The summed E-state index contributed by atoms with van der Waals surface area (Å²) >= 11 is 0. The summed E-state index contributed by atoms with van der Waals surface area (Å²) < 4.78 is 7.54. The van der Waals surface area contributed by atoms with Gasteiger partial charge in [-0.05, 0) is 26.2 Å². The van der Waals surface area contributed by atoms with E-state index in [0.29, 0.717) is 18.1 Å². The van der Waals surface area contributed by atoms with Gasteiger partial charge in [0.2, 0.25) is 0 Å². The van der Waals surface area contributed by atoms with Crippen molar-refractivity contribution in [2.24, 2.45) is 7.05 Å². The van der Waals surface area contributed by atoms with E-state index in [1.165, 1.54) is 6.07 Å². The molecule has 2 aromatic heterocycles. The predicted octanol–water partition coefficient (Wildman–Crippen LogP) is 1.59. The van der Waals surface area contributed by atoms with Crippen LogP contribution in [-0.2, 0) is 17.4 Å². The molecule has 0 radical (unpaired) electrons. The SMILES string of the molecule is Cn1cc(-c2cc(=O)[nH]c(C3(C)CCCCO3)n2)cn1. The van der Waals surface area contributed by atoms with Crippen molar-refractivity contribution >= 4 is 0 Å². The molecular weight excluding hydrogens is 256 g/mol. The van der Waals surface area contributed by atoms with Gasteiger partial charge in [0.15, 0.2) is 0 Å². The van der Waals surface area contributed by atoms with Gasteiger partial charge in [-0.1, -0.05) is 0 Å². The van der Waals surface area contributed by atoms with Gasteiger partial charge in [-0.15, -0.1) is 0 Å². The summed E-state index contributed by atoms with van der Waals surface area (Å²) in [5.41, 5.74) is 0.797. The first kappa shape index (κ1) is 13.1. The summed E-state index contributed by atoms with van der Waals surface area (Å²) in [6.07, 6.45) is 6.55. The van der Waals surface area contributed by atoms with Crippen LogP contribution in [0.1, 0.15) is 32.0 Å². The zero-order valence-corrected chi connectivity index (χ0v) is 11.7. The molecule has 0 saturated carbocycles. The van der Waals surface area contributed by atoms with Crippen LogP contribution in [-0.4, -0.2) is 26.4 Å². The Balaban J connectivity index is 2.04. The van der Waals surface area contributed by atoms with E-state index in [2.05, 4.69) is 15.1 Å². The number of aromatic nitrogens is 4. The van der Waals surface area contributed by atoms with Crippen LogP contribution in [0.2, 0.25) is 0 Å². The molecule has 20 heavy (non-hydrogen) atoms. The van der Waals surface area contributed by atoms with E-state index in [0.717, 1.165) is 24.8 Å². The molecular formula is C14H18N4O2. The second-order valence-electron chi connectivity index (χ2n) is 5.42. The summed E-state index contributed by atoms with van der Waals surface area (Å²) in [6, 6.07) is 1.49. The summed E-state index contributed by atoms with van der Waals surface area (Å²) in [5.74, 6) is 0.601. The normalized spacial score (nSPS) is 22.9. The minimum absolute atomic E-state index is 0.163. The zero-order chi connectivity index (χ0) is 14.2. The Morgan fingerprint density at radius 2 is 2.30 bits per heavy atom. The maximum atomic E-state index is 11.9. The molecule has 6 heteroatoms. The Kier molecular flexibility index (Phi) is 3.17. The monoisotopic (exact) mass is 274 g/mol. The van der Waals surface area contributed by atoms with Gasteiger partial charge < -0.3 is 9.72 Å². The van der Waals surface area contributed by atoms with E-state index in [1.54, 1.807) is 10.9 Å². The third-order valence-electron chi connectivity index (χ3n) is 3.71. The van der Waals surface area contributed by atoms with Gasteiger partial charge in [-0.2, -0.15) is 5.10 Å². The molecule has 106 valence electrons. The van der Waals surface area contributed by atoms with Crippen LogP contribution in [0.3, 0.4) is 0 Å². The summed E-state index contributed by atoms with van der Waals surface area (Å²) in [4.78, 5) is 19.3. The van der Waals surface area contributed by atoms with Crippen molar-refractivity contribution in [1.29, 1.82) is 0 Å². The lowest BCUT2D eigenvalue weighted by atomic mass is 9.95. The molecule has 1 atom stereocenters. The van der Waals surface area contributed by atoms with Crippen LogP contribution in [0.25, 0.3) is 11.3 Å². The number of nitrogens with one attached hydrogen (secondary N) is 1. The number of aryl methyl sites for hydroxylation is 1. The summed E-state index contributed by atoms with van der Waals surface area (Å²) in [7, 11) is 1.84. The second-order valence-corrected chi connectivity index (χ2v) is 5.42. The van der Waals surface area contributed by atoms with Crippen LogP contribution >= 0.6 is 0 Å². The lowest BCUT2D eigenvalue weighted by Crippen LogP contribution is -2.34. The molecule has 2 aromatic rings. The van der Waals surface area contributed by atoms with Crippen molar-refractivity contribution in [2.75, 3.05) is 6.61 Å². The molecule has 0 spiro atoms. The quantitative estimate of drug-likeness (QED) is 0.902. The van der Waals surface area contributed by atoms with Crippen LogP contribution in [0.5, 0.6) is 0 Å². The maximum Gasteiger partial charge on any atom is 0.251 e. The molecule has 1 unspecified atom stereocenters. The fraction of sp³-hybridized carbons (Fsp3) is 0.500. The third-order valence-corrected chi connectivity index (χ3v) is 3.71. The average molecular weight is 274 g/mol. The van der Waals surface area contributed by atoms with Crippen molar-refractivity contribution in [3.05, 3.63) is 34.6 Å². The van der Waals surface area contributed by atoms with Gasteiger partial charge in [0, 0.05) is 31.5 Å². The van der Waals surface area contributed by atoms with E-state index in [9.17, 15) is 4.79 Å². The number of ether oxygens (including phenoxy) is 1. The molecule has 0 bridgehead atoms. The van der Waals surface area contributed by atoms with Crippen molar-refractivity contribution in [3.8, 4) is 11.3 Å². The molecule has 0 aliphatic carbocycles. The van der Waals surface area contributed by atoms with E-state index < -0.39 is 5.60 Å². The van der Waals surface area contributed by atoms with Crippen LogP contribution < -0.4 is 5.56 Å². The fourth-order valence-electron chi connectivity index (χ4n) is 2.53. The molecule has 1 saturated heterocycles. The van der Waals surface area contributed by atoms with Gasteiger partial charge in [0.25, 0.3) is 5.56 Å². The molecule has 3 rings (SSSR count). The van der Waals surface area contributed by atoms with Gasteiger partial charge in [-0.3, -0.25) is 9.48 Å². The average Bonchev–Trinajstić information content (AvgIpc) is 2.86. The van der Waals surface area contributed by atoms with Gasteiger partial charge in [0.1, 0.15) is 11.4 Å². The topological polar surface area (TPSA) is 72.8 Å². The van der Waals surface area contributed by atoms with Crippen LogP contribution in [0, 0.1) is 0 Å². The van der Waals surface area contributed by atoms with Crippen molar-refractivity contribution < 1.29 is 4.74 Å². The van der Waals surface area contributed by atoms with Crippen molar-refractivity contribution in [2.45, 2.75) is 31.8 Å². The number of nitrogens with zero attached hydrogens (tertiary/aromatic N) is 3. The second kappa shape index (κ2) is 4.86. The highest BCUT2D eigenvalue weighted by Crippen LogP contribution is 2.32.